The van der Waals surface area contributed by atoms with Crippen LogP contribution in [0.1, 0.15) is 38.5 Å². The highest BCUT2D eigenvalue weighted by atomic mass is 14.8. The quantitative estimate of drug-likeness (QED) is 0.586. The van der Waals surface area contributed by atoms with Gasteiger partial charge in [0.15, 0.2) is 0 Å². The van der Waals surface area contributed by atoms with Gasteiger partial charge in [-0.2, -0.15) is 0 Å². The van der Waals surface area contributed by atoms with Gasteiger partial charge in [0.05, 0.1) is 0 Å². The molecular weight excluding hydrogens is 240 g/mol. The van der Waals surface area contributed by atoms with Crippen LogP contribution in [0.5, 0.6) is 0 Å². The Labute approximate surface area is 122 Å². The maximum absolute atomic E-state index is 6.11. The van der Waals surface area contributed by atoms with E-state index in [1.54, 1.807) is 0 Å². The van der Waals surface area contributed by atoms with Gasteiger partial charge >= 0.3 is 0 Å². The third-order valence-corrected chi connectivity index (χ3v) is 8.07. The molecule has 20 heavy (non-hydrogen) atoms. The summed E-state index contributed by atoms with van der Waals surface area (Å²) in [5.74, 6) is 13.4. The van der Waals surface area contributed by atoms with Crippen LogP contribution >= 0.6 is 0 Å². The van der Waals surface area contributed by atoms with E-state index in [1.165, 1.54) is 32.1 Å². The maximum Gasteiger partial charge on any atom is 0.0389 e. The molecule has 4 unspecified atom stereocenters. The minimum Gasteiger partial charge on any atom is -0.120 e. The Balaban J connectivity index is 1.73. The fourth-order valence-corrected chi connectivity index (χ4v) is 7.62. The smallest absolute Gasteiger partial charge is 0.0389 e. The molecule has 0 aromatic rings. The molecule has 0 heterocycles. The molecular formula is C20H20. The Bertz CT molecular complexity index is 606. The summed E-state index contributed by atoms with van der Waals surface area (Å²) in [6, 6.07) is 0. The van der Waals surface area contributed by atoms with E-state index >= 15 is 0 Å². The first-order chi connectivity index (χ1) is 9.61. The standard InChI is InChI=1S/C20H20/c1-4-18-7-13-14-8-19(5-2)9-15(13)17(11-18)20(6-3,12-19)16(14)10-18/h1-3,13-17H,7-12H2. The molecule has 7 saturated carbocycles. The lowest BCUT2D eigenvalue weighted by atomic mass is 9.26. The van der Waals surface area contributed by atoms with E-state index in [0.29, 0.717) is 11.8 Å². The largest absolute Gasteiger partial charge is 0.120 e. The minimum atomic E-state index is 0.0927. The lowest BCUT2D eigenvalue weighted by Gasteiger charge is -2.76. The van der Waals surface area contributed by atoms with Crippen LogP contribution in [0.15, 0.2) is 0 Å². The third kappa shape index (κ3) is 0.922. The molecule has 0 nitrogen and oxygen atoms in total. The SMILES string of the molecule is C#CC12CC3C4CC5(C#C)CC3C(C1)C(C#C)(C5)C4C2. The maximum atomic E-state index is 6.11. The van der Waals surface area contributed by atoms with E-state index < -0.39 is 0 Å². The van der Waals surface area contributed by atoms with Crippen molar-refractivity contribution >= 4 is 0 Å². The number of hydrogen-bond acceptors (Lipinski definition) is 0. The van der Waals surface area contributed by atoms with Gasteiger partial charge in [0.2, 0.25) is 0 Å². The van der Waals surface area contributed by atoms with E-state index in [0.717, 1.165) is 24.2 Å². The first kappa shape index (κ1) is 11.4. The molecule has 7 aliphatic carbocycles. The first-order valence-electron chi connectivity index (χ1n) is 8.04. The molecule has 4 atom stereocenters. The van der Waals surface area contributed by atoms with Gasteiger partial charge in [0, 0.05) is 16.2 Å². The molecule has 0 radical (unpaired) electrons. The second kappa shape index (κ2) is 2.97. The predicted octanol–water partition coefficient (Wildman–Crippen LogP) is 3.33. The van der Waals surface area contributed by atoms with E-state index in [1.807, 2.05) is 0 Å². The van der Waals surface area contributed by atoms with E-state index in [2.05, 4.69) is 17.8 Å². The van der Waals surface area contributed by atoms with Crippen molar-refractivity contribution in [2.75, 3.05) is 0 Å². The second-order valence-electron chi connectivity index (χ2n) is 8.44. The summed E-state index contributed by atoms with van der Waals surface area (Å²) in [7, 11) is 0. The molecule has 0 amide bonds. The molecule has 0 heteroatoms. The van der Waals surface area contributed by atoms with Crippen LogP contribution in [-0.2, 0) is 0 Å². The van der Waals surface area contributed by atoms with Gasteiger partial charge in [-0.3, -0.25) is 0 Å². The van der Waals surface area contributed by atoms with Gasteiger partial charge in [-0.1, -0.05) is 17.8 Å². The predicted molar refractivity (Wildman–Crippen MR) is 79.0 cm³/mol. The third-order valence-electron chi connectivity index (χ3n) is 8.07. The molecule has 7 rings (SSSR count). The molecule has 7 fully saturated rings. The fraction of sp³-hybridized carbons (Fsp3) is 0.700. The normalized spacial score (nSPS) is 63.8. The van der Waals surface area contributed by atoms with Crippen LogP contribution in [0.3, 0.4) is 0 Å². The molecule has 0 aromatic carbocycles. The lowest BCUT2D eigenvalue weighted by Crippen LogP contribution is -2.71. The Morgan fingerprint density at radius 3 is 1.70 bits per heavy atom. The zero-order valence-electron chi connectivity index (χ0n) is 11.9. The summed E-state index contributed by atoms with van der Waals surface area (Å²) in [5, 5.41) is 0. The lowest BCUT2D eigenvalue weighted by molar-refractivity contribution is -0.260. The Kier molecular flexibility index (Phi) is 1.69. The number of terminal acetylenes is 3. The molecule has 0 N–H and O–H groups in total. The summed E-state index contributed by atoms with van der Waals surface area (Å²) >= 11 is 0. The molecule has 7 aliphatic rings. The van der Waals surface area contributed by atoms with Crippen LogP contribution in [0.2, 0.25) is 0 Å². The average Bonchev–Trinajstić information content (AvgIpc) is 2.51. The number of hydrogen-bond donors (Lipinski definition) is 0. The fourth-order valence-electron chi connectivity index (χ4n) is 7.62. The summed E-state index contributed by atoms with van der Waals surface area (Å²) in [6.45, 7) is 0. The molecule has 100 valence electrons. The topological polar surface area (TPSA) is 0 Å². The summed E-state index contributed by atoms with van der Waals surface area (Å²) in [5.41, 5.74) is 0.398. The zero-order chi connectivity index (χ0) is 13.8. The Morgan fingerprint density at radius 1 is 0.650 bits per heavy atom. The van der Waals surface area contributed by atoms with E-state index in [9.17, 15) is 0 Å². The van der Waals surface area contributed by atoms with Crippen molar-refractivity contribution in [2.24, 2.45) is 45.8 Å². The van der Waals surface area contributed by atoms with Gasteiger partial charge in [0.1, 0.15) is 0 Å². The van der Waals surface area contributed by atoms with Crippen LogP contribution < -0.4 is 0 Å². The molecule has 0 spiro atoms. The van der Waals surface area contributed by atoms with E-state index in [-0.39, 0.29) is 16.2 Å². The van der Waals surface area contributed by atoms with Crippen molar-refractivity contribution in [1.29, 1.82) is 0 Å². The monoisotopic (exact) mass is 260 g/mol. The van der Waals surface area contributed by atoms with Crippen molar-refractivity contribution in [3.05, 3.63) is 0 Å². The van der Waals surface area contributed by atoms with Crippen molar-refractivity contribution in [1.82, 2.24) is 0 Å². The molecule has 0 aliphatic heterocycles. The average molecular weight is 260 g/mol. The molecule has 8 bridgehead atoms. The molecule has 0 aromatic heterocycles. The highest BCUT2D eigenvalue weighted by molar-refractivity contribution is 5.35. The Morgan fingerprint density at radius 2 is 1.20 bits per heavy atom. The second-order valence-corrected chi connectivity index (χ2v) is 8.44. The summed E-state index contributed by atoms with van der Waals surface area (Å²) in [4.78, 5) is 0. The Hall–Kier alpha value is -1.32. The van der Waals surface area contributed by atoms with Crippen molar-refractivity contribution in [3.8, 4) is 37.0 Å². The van der Waals surface area contributed by atoms with Crippen molar-refractivity contribution < 1.29 is 0 Å². The van der Waals surface area contributed by atoms with Gasteiger partial charge in [0.25, 0.3) is 0 Å². The van der Waals surface area contributed by atoms with Crippen molar-refractivity contribution in [2.45, 2.75) is 38.5 Å². The number of rotatable bonds is 0. The summed E-state index contributed by atoms with van der Waals surface area (Å²) in [6.07, 6.45) is 25.2. The van der Waals surface area contributed by atoms with Crippen LogP contribution in [0, 0.1) is 82.9 Å². The first-order valence-corrected chi connectivity index (χ1v) is 8.04. The van der Waals surface area contributed by atoms with Gasteiger partial charge in [-0.15, -0.1) is 19.3 Å². The van der Waals surface area contributed by atoms with Gasteiger partial charge in [-0.05, 0) is 68.1 Å². The zero-order valence-corrected chi connectivity index (χ0v) is 11.9. The summed E-state index contributed by atoms with van der Waals surface area (Å²) < 4.78 is 0. The van der Waals surface area contributed by atoms with Gasteiger partial charge in [-0.25, -0.2) is 0 Å². The van der Waals surface area contributed by atoms with Crippen LogP contribution in [0.25, 0.3) is 0 Å². The van der Waals surface area contributed by atoms with E-state index in [4.69, 9.17) is 19.3 Å². The van der Waals surface area contributed by atoms with Crippen LogP contribution in [0.4, 0.5) is 0 Å². The van der Waals surface area contributed by atoms with Gasteiger partial charge < -0.3 is 0 Å². The minimum absolute atomic E-state index is 0.0927. The van der Waals surface area contributed by atoms with Crippen LogP contribution in [-0.4, -0.2) is 0 Å². The highest BCUT2D eigenvalue weighted by Gasteiger charge is 2.75. The van der Waals surface area contributed by atoms with Crippen molar-refractivity contribution in [3.63, 3.8) is 0 Å². The molecule has 0 saturated heterocycles. The highest BCUT2D eigenvalue weighted by Crippen LogP contribution is 2.80.